The second kappa shape index (κ2) is 7.20. The molecular weight excluding hydrogens is 413 g/mol. The summed E-state index contributed by atoms with van der Waals surface area (Å²) >= 11 is 0. The summed E-state index contributed by atoms with van der Waals surface area (Å²) in [5.74, 6) is 1.35. The van der Waals surface area contributed by atoms with Crippen molar-refractivity contribution in [3.8, 4) is 28.4 Å². The summed E-state index contributed by atoms with van der Waals surface area (Å²) in [6.45, 7) is 3.65. The number of fused-ring (bicyclic) bond motifs is 4. The molecular formula is C24H22FN3O4. The van der Waals surface area contributed by atoms with Gasteiger partial charge in [-0.15, -0.1) is 0 Å². The number of benzene rings is 2. The molecule has 0 bridgehead atoms. The molecule has 0 unspecified atom stereocenters. The van der Waals surface area contributed by atoms with Crippen LogP contribution in [0.5, 0.6) is 17.2 Å². The summed E-state index contributed by atoms with van der Waals surface area (Å²) in [6.07, 6.45) is 2.76. The van der Waals surface area contributed by atoms with Crippen LogP contribution in [-0.4, -0.2) is 34.9 Å². The Hall–Kier alpha value is -3.65. The minimum absolute atomic E-state index is 0.0736. The highest BCUT2D eigenvalue weighted by Crippen LogP contribution is 2.52. The quantitative estimate of drug-likeness (QED) is 0.648. The smallest absolute Gasteiger partial charge is 0.283 e. The summed E-state index contributed by atoms with van der Waals surface area (Å²) in [4.78, 5) is 8.61. The van der Waals surface area contributed by atoms with E-state index in [0.29, 0.717) is 22.8 Å². The lowest BCUT2D eigenvalue weighted by molar-refractivity contribution is 0.0284. The summed E-state index contributed by atoms with van der Waals surface area (Å²) in [6, 6.07) is 12.5. The van der Waals surface area contributed by atoms with Gasteiger partial charge in [-0.2, -0.15) is 0 Å². The Kier molecular flexibility index (Phi) is 4.56. The zero-order valence-electron chi connectivity index (χ0n) is 17.6. The lowest BCUT2D eigenvalue weighted by Gasteiger charge is -2.34. The number of hydrogen-bond acceptors (Lipinski definition) is 7. The lowest BCUT2D eigenvalue weighted by Crippen LogP contribution is -2.31. The van der Waals surface area contributed by atoms with Crippen molar-refractivity contribution in [2.24, 2.45) is 10.7 Å². The second-order valence-corrected chi connectivity index (χ2v) is 8.56. The Labute approximate surface area is 184 Å². The van der Waals surface area contributed by atoms with E-state index in [-0.39, 0.29) is 19.2 Å². The Balaban J connectivity index is 1.63. The van der Waals surface area contributed by atoms with Gasteiger partial charge >= 0.3 is 0 Å². The first kappa shape index (κ1) is 20.3. The van der Waals surface area contributed by atoms with E-state index in [9.17, 15) is 9.50 Å². The van der Waals surface area contributed by atoms with Crippen LogP contribution < -0.4 is 15.2 Å². The lowest BCUT2D eigenvalue weighted by atomic mass is 9.80. The van der Waals surface area contributed by atoms with Crippen molar-refractivity contribution in [2.45, 2.75) is 25.0 Å². The van der Waals surface area contributed by atoms with Crippen LogP contribution in [0.25, 0.3) is 11.1 Å². The van der Waals surface area contributed by atoms with E-state index in [1.165, 1.54) is 6.07 Å². The molecule has 0 radical (unpaired) electrons. The van der Waals surface area contributed by atoms with Crippen LogP contribution in [0.3, 0.4) is 0 Å². The van der Waals surface area contributed by atoms with Crippen molar-refractivity contribution in [3.05, 3.63) is 71.8 Å². The fraction of sp³-hybridized carbons (Fsp3) is 0.250. The first-order chi connectivity index (χ1) is 15.2. The van der Waals surface area contributed by atoms with Gasteiger partial charge in [-0.25, -0.2) is 9.38 Å². The molecule has 0 amide bonds. The number of nitrogens with two attached hydrogens (primary N) is 1. The molecule has 8 heteroatoms. The highest BCUT2D eigenvalue weighted by molar-refractivity contribution is 5.78. The van der Waals surface area contributed by atoms with Gasteiger partial charge in [0.05, 0.1) is 11.8 Å². The molecule has 2 aliphatic rings. The molecule has 0 aliphatic carbocycles. The minimum Gasteiger partial charge on any atom is -0.491 e. The molecule has 3 N–H and O–H groups in total. The Morgan fingerprint density at radius 3 is 2.53 bits per heavy atom. The largest absolute Gasteiger partial charge is 0.491 e. The molecule has 3 aromatic rings. The number of ether oxygens (including phenoxy) is 3. The molecule has 164 valence electrons. The number of aliphatic imine (C=N–C) groups is 1. The van der Waals surface area contributed by atoms with E-state index >= 15 is 0 Å². The number of aromatic nitrogens is 1. The molecule has 1 atom stereocenters. The zero-order valence-corrected chi connectivity index (χ0v) is 17.6. The third kappa shape index (κ3) is 3.52. The number of halogens is 1. The van der Waals surface area contributed by atoms with E-state index < -0.39 is 17.0 Å². The number of pyridine rings is 1. The van der Waals surface area contributed by atoms with Crippen LogP contribution in [0.1, 0.15) is 25.0 Å². The highest BCUT2D eigenvalue weighted by atomic mass is 19.1. The normalized spacial score (nSPS) is 18.9. The standard InChI is InChI=1S/C24H22FN3O4/c1-23(2,29)12-30-17-4-6-21-19(9-17)24(13-31-22(26)28-24)18-8-14(3-5-20(18)32-21)15-7-16(25)11-27-10-15/h3-11,29H,12-13H2,1-2H3,(H2,26,28)/t24-/m0/s1. The molecule has 32 heavy (non-hydrogen) atoms. The molecule has 3 heterocycles. The van der Waals surface area contributed by atoms with Crippen LogP contribution in [0.15, 0.2) is 59.9 Å². The maximum absolute atomic E-state index is 13.8. The number of amidine groups is 1. The molecule has 7 nitrogen and oxygen atoms in total. The first-order valence-electron chi connectivity index (χ1n) is 10.1. The molecule has 1 aromatic heterocycles. The average Bonchev–Trinajstić information content (AvgIpc) is 3.14. The SMILES string of the molecule is CC(C)(O)COc1ccc2c(c1)[C@]1(COC(N)=N1)c1cc(-c3cncc(F)c3)ccc1O2. The number of nitrogens with zero attached hydrogens (tertiary/aromatic N) is 2. The van der Waals surface area contributed by atoms with Crippen LogP contribution in [0.4, 0.5) is 4.39 Å². The van der Waals surface area contributed by atoms with Gasteiger partial charge in [0.1, 0.15) is 36.3 Å². The van der Waals surface area contributed by atoms with Crippen LogP contribution >= 0.6 is 0 Å². The van der Waals surface area contributed by atoms with Gasteiger partial charge in [0.2, 0.25) is 0 Å². The third-order valence-corrected chi connectivity index (χ3v) is 5.40. The maximum atomic E-state index is 13.8. The number of hydrogen-bond donors (Lipinski definition) is 2. The van der Waals surface area contributed by atoms with E-state index in [1.54, 1.807) is 32.2 Å². The van der Waals surface area contributed by atoms with Gasteiger partial charge in [-0.05, 0) is 55.8 Å². The van der Waals surface area contributed by atoms with Gasteiger partial charge in [-0.3, -0.25) is 4.98 Å². The molecule has 2 aromatic carbocycles. The zero-order chi connectivity index (χ0) is 22.5. The van der Waals surface area contributed by atoms with Crippen molar-refractivity contribution in [3.63, 3.8) is 0 Å². The van der Waals surface area contributed by atoms with Crippen molar-refractivity contribution in [1.82, 2.24) is 4.98 Å². The predicted molar refractivity (Wildman–Crippen MR) is 116 cm³/mol. The predicted octanol–water partition coefficient (Wildman–Crippen LogP) is 3.73. The van der Waals surface area contributed by atoms with E-state index in [4.69, 9.17) is 19.9 Å². The van der Waals surface area contributed by atoms with Crippen LogP contribution in [0, 0.1) is 5.82 Å². The fourth-order valence-electron chi connectivity index (χ4n) is 3.93. The molecule has 5 rings (SSSR count). The van der Waals surface area contributed by atoms with Crippen LogP contribution in [-0.2, 0) is 10.3 Å². The van der Waals surface area contributed by atoms with Gasteiger partial charge in [-0.1, -0.05) is 6.07 Å². The summed E-state index contributed by atoms with van der Waals surface area (Å²) in [5.41, 5.74) is 6.88. The number of rotatable bonds is 4. The van der Waals surface area contributed by atoms with E-state index in [1.807, 2.05) is 24.3 Å². The van der Waals surface area contributed by atoms with Crippen molar-refractivity contribution in [2.75, 3.05) is 13.2 Å². The van der Waals surface area contributed by atoms with Crippen molar-refractivity contribution in [1.29, 1.82) is 0 Å². The van der Waals surface area contributed by atoms with Gasteiger partial charge < -0.3 is 25.1 Å². The maximum Gasteiger partial charge on any atom is 0.283 e. The monoisotopic (exact) mass is 435 g/mol. The topological polar surface area (TPSA) is 99.2 Å². The fourth-order valence-corrected chi connectivity index (χ4v) is 3.93. The number of aliphatic hydroxyl groups is 1. The van der Waals surface area contributed by atoms with Crippen molar-refractivity contribution >= 4 is 6.02 Å². The summed E-state index contributed by atoms with van der Waals surface area (Å²) in [7, 11) is 0. The molecule has 0 fully saturated rings. The van der Waals surface area contributed by atoms with E-state index in [2.05, 4.69) is 9.98 Å². The molecule has 1 spiro atoms. The summed E-state index contributed by atoms with van der Waals surface area (Å²) < 4.78 is 31.3. The molecule has 0 saturated heterocycles. The van der Waals surface area contributed by atoms with Crippen LogP contribution in [0.2, 0.25) is 0 Å². The Morgan fingerprint density at radius 1 is 1.09 bits per heavy atom. The molecule has 0 saturated carbocycles. The van der Waals surface area contributed by atoms with Gasteiger partial charge in [0.15, 0.2) is 5.54 Å². The average molecular weight is 435 g/mol. The third-order valence-electron chi connectivity index (χ3n) is 5.40. The Bertz CT molecular complexity index is 1240. The highest BCUT2D eigenvalue weighted by Gasteiger charge is 2.47. The molecule has 2 aliphatic heterocycles. The minimum atomic E-state index is -0.983. The van der Waals surface area contributed by atoms with Gasteiger partial charge in [0.25, 0.3) is 6.02 Å². The second-order valence-electron chi connectivity index (χ2n) is 8.56. The first-order valence-corrected chi connectivity index (χ1v) is 10.1. The summed E-state index contributed by atoms with van der Waals surface area (Å²) in [5, 5.41) is 10.0. The Morgan fingerprint density at radius 2 is 1.84 bits per heavy atom. The van der Waals surface area contributed by atoms with E-state index in [0.717, 1.165) is 22.9 Å². The van der Waals surface area contributed by atoms with Crippen molar-refractivity contribution < 1.29 is 23.7 Å². The van der Waals surface area contributed by atoms with Gasteiger partial charge in [0, 0.05) is 22.9 Å².